The highest BCUT2D eigenvalue weighted by atomic mass is 16.5. The van der Waals surface area contributed by atoms with Crippen LogP contribution in [0.15, 0.2) is 48.5 Å². The Balaban J connectivity index is 1.62. The molecule has 2 aromatic carbocycles. The molecule has 0 spiro atoms. The van der Waals surface area contributed by atoms with Crippen LogP contribution in [0.5, 0.6) is 5.75 Å². The topological polar surface area (TPSA) is 55.8 Å². The predicted molar refractivity (Wildman–Crippen MR) is 99.6 cm³/mol. The van der Waals surface area contributed by atoms with E-state index in [0.29, 0.717) is 31.6 Å². The number of fused-ring (bicyclic) bond motifs is 1. The molecule has 1 aliphatic heterocycles. The molecule has 0 N–H and O–H groups in total. The average Bonchev–Trinajstić information content (AvgIpc) is 2.70. The molecule has 1 heterocycles. The molecular formula is C21H23NO4. The van der Waals surface area contributed by atoms with Gasteiger partial charge in [0, 0.05) is 18.7 Å². The van der Waals surface area contributed by atoms with Crippen molar-refractivity contribution >= 4 is 17.6 Å². The molecule has 136 valence electrons. The first-order valence-corrected chi connectivity index (χ1v) is 8.89. The summed E-state index contributed by atoms with van der Waals surface area (Å²) in [5.74, 6) is 0.517. The Morgan fingerprint density at radius 3 is 2.65 bits per heavy atom. The van der Waals surface area contributed by atoms with Gasteiger partial charge in [0.1, 0.15) is 5.75 Å². The van der Waals surface area contributed by atoms with Crippen molar-refractivity contribution in [2.24, 2.45) is 0 Å². The summed E-state index contributed by atoms with van der Waals surface area (Å²) < 4.78 is 10.5. The third-order valence-electron chi connectivity index (χ3n) is 4.50. The van der Waals surface area contributed by atoms with E-state index in [2.05, 4.69) is 0 Å². The fraction of sp³-hybridized carbons (Fsp3) is 0.333. The van der Waals surface area contributed by atoms with Gasteiger partial charge in [0.05, 0.1) is 19.3 Å². The lowest BCUT2D eigenvalue weighted by atomic mass is 9.96. The van der Waals surface area contributed by atoms with Crippen LogP contribution in [0.4, 0.5) is 5.69 Å². The molecule has 5 nitrogen and oxygen atoms in total. The number of para-hydroxylation sites is 1. The minimum atomic E-state index is -0.354. The summed E-state index contributed by atoms with van der Waals surface area (Å²) in [6, 6.07) is 15.0. The first-order valence-electron chi connectivity index (χ1n) is 8.89. The number of nitrogens with zero attached hydrogens (tertiary/aromatic N) is 1. The van der Waals surface area contributed by atoms with Crippen molar-refractivity contribution in [3.05, 3.63) is 59.7 Å². The van der Waals surface area contributed by atoms with Crippen LogP contribution in [0.2, 0.25) is 0 Å². The highest BCUT2D eigenvalue weighted by Gasteiger charge is 2.26. The number of ether oxygens (including phenoxy) is 2. The van der Waals surface area contributed by atoms with Gasteiger partial charge in [0.25, 0.3) is 0 Å². The van der Waals surface area contributed by atoms with E-state index in [4.69, 9.17) is 9.47 Å². The molecule has 0 saturated heterocycles. The number of carbonyl (C=O) groups excluding carboxylic acids is 2. The lowest BCUT2D eigenvalue weighted by Gasteiger charge is -2.30. The van der Waals surface area contributed by atoms with Crippen LogP contribution in [-0.2, 0) is 16.0 Å². The predicted octanol–water partition coefficient (Wildman–Crippen LogP) is 3.61. The van der Waals surface area contributed by atoms with Gasteiger partial charge in [-0.05, 0) is 49.1 Å². The lowest BCUT2D eigenvalue weighted by Crippen LogP contribution is -2.36. The van der Waals surface area contributed by atoms with Crippen LogP contribution in [0.1, 0.15) is 35.2 Å². The highest BCUT2D eigenvalue weighted by Crippen LogP contribution is 2.31. The van der Waals surface area contributed by atoms with Crippen molar-refractivity contribution in [3.63, 3.8) is 0 Å². The third kappa shape index (κ3) is 4.04. The minimum Gasteiger partial charge on any atom is -0.494 e. The minimum absolute atomic E-state index is 0.0598. The molecule has 1 aliphatic rings. The molecular weight excluding hydrogens is 330 g/mol. The Morgan fingerprint density at radius 2 is 1.88 bits per heavy atom. The summed E-state index contributed by atoms with van der Waals surface area (Å²) in [5, 5.41) is 0. The number of benzene rings is 2. The number of amides is 1. The number of esters is 1. The van der Waals surface area contributed by atoms with Crippen LogP contribution in [-0.4, -0.2) is 32.1 Å². The zero-order valence-corrected chi connectivity index (χ0v) is 14.9. The molecule has 0 unspecified atom stereocenters. The standard InChI is InChI=1S/C21H23NO4/c1-25-21(24)18-10-5-12-19-17(18)11-6-14-22(19)20(23)13-7-15-26-16-8-3-2-4-9-16/h2-5,8-10,12H,6-7,11,13-15H2,1H3. The van der Waals surface area contributed by atoms with E-state index in [1.807, 2.05) is 36.4 Å². The van der Waals surface area contributed by atoms with E-state index in [9.17, 15) is 9.59 Å². The maximum absolute atomic E-state index is 12.7. The van der Waals surface area contributed by atoms with E-state index in [1.165, 1.54) is 7.11 Å². The number of hydrogen-bond acceptors (Lipinski definition) is 4. The maximum Gasteiger partial charge on any atom is 0.338 e. The fourth-order valence-corrected chi connectivity index (χ4v) is 3.25. The zero-order chi connectivity index (χ0) is 18.4. The summed E-state index contributed by atoms with van der Waals surface area (Å²) in [7, 11) is 1.38. The van der Waals surface area contributed by atoms with Gasteiger partial charge in [-0.2, -0.15) is 0 Å². The number of carbonyl (C=O) groups is 2. The average molecular weight is 353 g/mol. The van der Waals surface area contributed by atoms with Gasteiger partial charge in [-0.3, -0.25) is 4.79 Å². The van der Waals surface area contributed by atoms with Crippen LogP contribution < -0.4 is 9.64 Å². The molecule has 5 heteroatoms. The highest BCUT2D eigenvalue weighted by molar-refractivity contribution is 5.98. The van der Waals surface area contributed by atoms with Gasteiger partial charge in [-0.15, -0.1) is 0 Å². The number of rotatable bonds is 6. The monoisotopic (exact) mass is 353 g/mol. The molecule has 1 amide bonds. The Morgan fingerprint density at radius 1 is 1.08 bits per heavy atom. The first kappa shape index (κ1) is 18.0. The van der Waals surface area contributed by atoms with Gasteiger partial charge in [0.15, 0.2) is 0 Å². The van der Waals surface area contributed by atoms with E-state index >= 15 is 0 Å². The number of methoxy groups -OCH3 is 1. The van der Waals surface area contributed by atoms with Crippen molar-refractivity contribution in [1.29, 1.82) is 0 Å². The van der Waals surface area contributed by atoms with Crippen molar-refractivity contribution < 1.29 is 19.1 Å². The lowest BCUT2D eigenvalue weighted by molar-refractivity contribution is -0.118. The Kier molecular flexibility index (Phi) is 5.89. The summed E-state index contributed by atoms with van der Waals surface area (Å²) in [6.07, 6.45) is 2.68. The largest absolute Gasteiger partial charge is 0.494 e. The van der Waals surface area contributed by atoms with E-state index in [0.717, 1.165) is 29.8 Å². The van der Waals surface area contributed by atoms with E-state index in [-0.39, 0.29) is 11.9 Å². The first-order chi connectivity index (χ1) is 12.7. The van der Waals surface area contributed by atoms with Gasteiger partial charge < -0.3 is 14.4 Å². The van der Waals surface area contributed by atoms with Gasteiger partial charge >= 0.3 is 5.97 Å². The Bertz CT molecular complexity index is 773. The summed E-state index contributed by atoms with van der Waals surface area (Å²) in [4.78, 5) is 26.4. The molecule has 0 aliphatic carbocycles. The quantitative estimate of drug-likeness (QED) is 0.588. The molecule has 0 saturated carbocycles. The number of anilines is 1. The maximum atomic E-state index is 12.7. The number of hydrogen-bond donors (Lipinski definition) is 0. The van der Waals surface area contributed by atoms with E-state index in [1.54, 1.807) is 17.0 Å². The van der Waals surface area contributed by atoms with Gasteiger partial charge in [-0.25, -0.2) is 4.79 Å². The molecule has 0 fully saturated rings. The fourth-order valence-electron chi connectivity index (χ4n) is 3.25. The molecule has 0 radical (unpaired) electrons. The molecule has 2 aromatic rings. The second-order valence-electron chi connectivity index (χ2n) is 6.21. The molecule has 0 atom stereocenters. The van der Waals surface area contributed by atoms with Crippen LogP contribution in [0.25, 0.3) is 0 Å². The Labute approximate surface area is 153 Å². The van der Waals surface area contributed by atoms with E-state index < -0.39 is 0 Å². The normalized spacial score (nSPS) is 13.0. The van der Waals surface area contributed by atoms with Gasteiger partial charge in [0.2, 0.25) is 5.91 Å². The third-order valence-corrected chi connectivity index (χ3v) is 4.50. The molecule has 3 rings (SSSR count). The second kappa shape index (κ2) is 8.52. The van der Waals surface area contributed by atoms with Crippen LogP contribution in [0.3, 0.4) is 0 Å². The summed E-state index contributed by atoms with van der Waals surface area (Å²) in [5.41, 5.74) is 2.28. The second-order valence-corrected chi connectivity index (χ2v) is 6.21. The van der Waals surface area contributed by atoms with Crippen molar-refractivity contribution in [2.45, 2.75) is 25.7 Å². The SMILES string of the molecule is COC(=O)c1cccc2c1CCCN2C(=O)CCCOc1ccccc1. The van der Waals surface area contributed by atoms with Crippen molar-refractivity contribution in [2.75, 3.05) is 25.2 Å². The zero-order valence-electron chi connectivity index (χ0n) is 14.9. The molecule has 0 bridgehead atoms. The van der Waals surface area contributed by atoms with Crippen molar-refractivity contribution in [1.82, 2.24) is 0 Å². The van der Waals surface area contributed by atoms with Gasteiger partial charge in [-0.1, -0.05) is 24.3 Å². The van der Waals surface area contributed by atoms with Crippen LogP contribution >= 0.6 is 0 Å². The van der Waals surface area contributed by atoms with Crippen molar-refractivity contribution in [3.8, 4) is 5.75 Å². The van der Waals surface area contributed by atoms with Crippen LogP contribution in [0, 0.1) is 0 Å². The molecule has 0 aromatic heterocycles. The molecule has 26 heavy (non-hydrogen) atoms. The smallest absolute Gasteiger partial charge is 0.338 e. The Hall–Kier alpha value is -2.82. The summed E-state index contributed by atoms with van der Waals surface area (Å²) in [6.45, 7) is 1.18. The summed E-state index contributed by atoms with van der Waals surface area (Å²) >= 11 is 0.